The molecule has 70 valence electrons. The van der Waals surface area contributed by atoms with Gasteiger partial charge in [0, 0.05) is 7.05 Å². The number of halogens is 4. The largest absolute Gasteiger partial charge is 0.317 e. The van der Waals surface area contributed by atoms with Gasteiger partial charge in [-0.2, -0.15) is 0 Å². The molecule has 1 atom stereocenters. The topological polar surface area (TPSA) is 15.3 Å². The van der Waals surface area contributed by atoms with Gasteiger partial charge in [0.15, 0.2) is 0 Å². The second-order valence-electron chi connectivity index (χ2n) is 2.47. The van der Waals surface area contributed by atoms with Crippen LogP contribution in [0, 0.1) is 0 Å². The number of hydrogen-bond acceptors (Lipinski definition) is 2. The molecule has 0 aliphatic carbocycles. The van der Waals surface area contributed by atoms with Crippen molar-refractivity contribution in [3.05, 3.63) is 11.8 Å². The minimum absolute atomic E-state index is 0.456. The van der Waals surface area contributed by atoms with E-state index in [0.29, 0.717) is 0 Å². The van der Waals surface area contributed by atoms with E-state index in [1.807, 2.05) is 0 Å². The standard InChI is InChI=1S/C6H8F4N2/c1-12-4(6(9)10)2-3(11-12)5(7)8/h2,4-6,11H,1H3. The number of nitrogens with zero attached hydrogens (tertiary/aromatic N) is 1. The summed E-state index contributed by atoms with van der Waals surface area (Å²) < 4.78 is 48.0. The minimum Gasteiger partial charge on any atom is -0.317 e. The van der Waals surface area contributed by atoms with Crippen molar-refractivity contribution in [2.24, 2.45) is 0 Å². The summed E-state index contributed by atoms with van der Waals surface area (Å²) in [6.07, 6.45) is -4.54. The van der Waals surface area contributed by atoms with Crippen LogP contribution in [0.4, 0.5) is 17.6 Å². The quantitative estimate of drug-likeness (QED) is 0.649. The maximum Gasteiger partial charge on any atom is 0.278 e. The Bertz CT molecular complexity index is 192. The zero-order chi connectivity index (χ0) is 9.30. The highest BCUT2D eigenvalue weighted by Gasteiger charge is 2.31. The third-order valence-corrected chi connectivity index (χ3v) is 1.60. The first-order valence-electron chi connectivity index (χ1n) is 3.30. The van der Waals surface area contributed by atoms with Crippen molar-refractivity contribution < 1.29 is 17.6 Å². The Morgan fingerprint density at radius 1 is 1.42 bits per heavy atom. The summed E-state index contributed by atoms with van der Waals surface area (Å²) in [5.41, 5.74) is 1.69. The first-order valence-corrected chi connectivity index (χ1v) is 3.30. The van der Waals surface area contributed by atoms with Crippen molar-refractivity contribution >= 4 is 0 Å². The Kier molecular flexibility index (Phi) is 2.56. The van der Waals surface area contributed by atoms with Crippen molar-refractivity contribution in [3.8, 4) is 0 Å². The van der Waals surface area contributed by atoms with E-state index >= 15 is 0 Å². The summed E-state index contributed by atoms with van der Waals surface area (Å²) in [7, 11) is 1.29. The van der Waals surface area contributed by atoms with Gasteiger partial charge in [-0.1, -0.05) is 0 Å². The summed E-state index contributed by atoms with van der Waals surface area (Å²) in [5.74, 6) is 0. The monoisotopic (exact) mass is 184 g/mol. The van der Waals surface area contributed by atoms with Crippen LogP contribution >= 0.6 is 0 Å². The average molecular weight is 184 g/mol. The number of likely N-dealkylation sites (N-methyl/N-ethyl adjacent to an activating group) is 1. The predicted octanol–water partition coefficient (Wildman–Crippen LogP) is 1.22. The maximum atomic E-state index is 12.1. The highest BCUT2D eigenvalue weighted by atomic mass is 19.3. The van der Waals surface area contributed by atoms with E-state index in [4.69, 9.17) is 0 Å². The van der Waals surface area contributed by atoms with E-state index in [9.17, 15) is 17.6 Å². The van der Waals surface area contributed by atoms with E-state index in [1.165, 1.54) is 7.05 Å². The molecule has 0 saturated heterocycles. The number of hydrazine groups is 1. The minimum atomic E-state index is -2.73. The number of alkyl halides is 4. The molecule has 1 unspecified atom stereocenters. The predicted molar refractivity (Wildman–Crippen MR) is 34.8 cm³/mol. The van der Waals surface area contributed by atoms with Crippen molar-refractivity contribution in [1.82, 2.24) is 10.4 Å². The highest BCUT2D eigenvalue weighted by molar-refractivity contribution is 5.13. The van der Waals surface area contributed by atoms with Crippen molar-refractivity contribution in [2.45, 2.75) is 18.9 Å². The Labute approximate surface area is 66.8 Å². The van der Waals surface area contributed by atoms with Crippen LogP contribution in [0.5, 0.6) is 0 Å². The second kappa shape index (κ2) is 3.30. The summed E-state index contributed by atoms with van der Waals surface area (Å²) >= 11 is 0. The van der Waals surface area contributed by atoms with E-state index in [1.54, 1.807) is 0 Å². The zero-order valence-corrected chi connectivity index (χ0v) is 6.27. The molecule has 0 spiro atoms. The van der Waals surface area contributed by atoms with Crippen LogP contribution in [-0.4, -0.2) is 30.9 Å². The molecule has 12 heavy (non-hydrogen) atoms. The molecule has 0 radical (unpaired) electrons. The van der Waals surface area contributed by atoms with Gasteiger partial charge in [0.25, 0.3) is 12.9 Å². The molecule has 6 heteroatoms. The highest BCUT2D eigenvalue weighted by Crippen LogP contribution is 2.19. The molecule has 0 aromatic heterocycles. The van der Waals surface area contributed by atoms with Crippen LogP contribution in [-0.2, 0) is 0 Å². The molecule has 0 fully saturated rings. The average Bonchev–Trinajstić information content (AvgIpc) is 2.30. The molecule has 1 heterocycles. The van der Waals surface area contributed by atoms with Crippen LogP contribution in [0.3, 0.4) is 0 Å². The SMILES string of the molecule is CN1NC(C(F)F)=CC1C(F)F. The summed E-state index contributed by atoms with van der Waals surface area (Å²) in [5, 5.41) is 0.964. The molecule has 0 saturated carbocycles. The van der Waals surface area contributed by atoms with Crippen LogP contribution in [0.2, 0.25) is 0 Å². The molecule has 1 aliphatic rings. The molecule has 0 aromatic rings. The fourth-order valence-electron chi connectivity index (χ4n) is 0.975. The Morgan fingerprint density at radius 3 is 2.25 bits per heavy atom. The molecule has 0 amide bonds. The molecule has 1 rings (SSSR count). The lowest BCUT2D eigenvalue weighted by Gasteiger charge is -2.18. The van der Waals surface area contributed by atoms with E-state index < -0.39 is 24.6 Å². The second-order valence-corrected chi connectivity index (χ2v) is 2.47. The molecule has 0 bridgehead atoms. The van der Waals surface area contributed by atoms with Crippen LogP contribution in [0.1, 0.15) is 0 Å². The first-order chi connectivity index (χ1) is 5.52. The van der Waals surface area contributed by atoms with Crippen molar-refractivity contribution in [1.29, 1.82) is 0 Å². The number of hydrogen-bond donors (Lipinski definition) is 1. The van der Waals surface area contributed by atoms with Crippen molar-refractivity contribution in [3.63, 3.8) is 0 Å². The smallest absolute Gasteiger partial charge is 0.278 e. The molecule has 0 aromatic carbocycles. The van der Waals surface area contributed by atoms with Crippen LogP contribution < -0.4 is 5.43 Å². The van der Waals surface area contributed by atoms with E-state index in [-0.39, 0.29) is 0 Å². The van der Waals surface area contributed by atoms with Gasteiger partial charge in [0.05, 0.1) is 5.70 Å². The lowest BCUT2D eigenvalue weighted by Crippen LogP contribution is -2.39. The van der Waals surface area contributed by atoms with E-state index in [0.717, 1.165) is 11.1 Å². The lowest BCUT2D eigenvalue weighted by molar-refractivity contribution is 0.0523. The third kappa shape index (κ3) is 1.69. The molecule has 1 N–H and O–H groups in total. The Morgan fingerprint density at radius 2 is 2.00 bits per heavy atom. The van der Waals surface area contributed by atoms with Crippen LogP contribution in [0.25, 0.3) is 0 Å². The molecular formula is C6H8F4N2. The normalized spacial score (nSPS) is 24.9. The Balaban J connectivity index is 2.67. The zero-order valence-electron chi connectivity index (χ0n) is 6.27. The summed E-state index contributed by atoms with van der Waals surface area (Å²) in [6, 6.07) is -1.26. The first kappa shape index (κ1) is 9.31. The summed E-state index contributed by atoms with van der Waals surface area (Å²) in [4.78, 5) is 0. The molecular weight excluding hydrogens is 176 g/mol. The number of rotatable bonds is 2. The number of allylic oxidation sites excluding steroid dienone is 1. The van der Waals surface area contributed by atoms with E-state index in [2.05, 4.69) is 5.43 Å². The number of nitrogens with one attached hydrogen (secondary N) is 1. The lowest BCUT2D eigenvalue weighted by atomic mass is 10.3. The molecule has 2 nitrogen and oxygen atoms in total. The van der Waals surface area contributed by atoms with Gasteiger partial charge in [-0.15, -0.1) is 0 Å². The van der Waals surface area contributed by atoms with Gasteiger partial charge in [-0.3, -0.25) is 0 Å². The Hall–Kier alpha value is -0.780. The van der Waals surface area contributed by atoms with Gasteiger partial charge in [0.2, 0.25) is 0 Å². The van der Waals surface area contributed by atoms with Gasteiger partial charge in [-0.05, 0) is 6.08 Å². The fourth-order valence-corrected chi connectivity index (χ4v) is 0.975. The van der Waals surface area contributed by atoms with Crippen molar-refractivity contribution in [2.75, 3.05) is 7.05 Å². The van der Waals surface area contributed by atoms with Gasteiger partial charge >= 0.3 is 0 Å². The van der Waals surface area contributed by atoms with Crippen LogP contribution in [0.15, 0.2) is 11.8 Å². The fraction of sp³-hybridized carbons (Fsp3) is 0.667. The molecule has 1 aliphatic heterocycles. The third-order valence-electron chi connectivity index (χ3n) is 1.60. The summed E-state index contributed by atoms with van der Waals surface area (Å²) in [6.45, 7) is 0. The maximum absolute atomic E-state index is 12.1. The van der Waals surface area contributed by atoms with Gasteiger partial charge in [-0.25, -0.2) is 22.6 Å². The van der Waals surface area contributed by atoms with Gasteiger partial charge < -0.3 is 5.43 Å². The van der Waals surface area contributed by atoms with Gasteiger partial charge in [0.1, 0.15) is 6.04 Å².